The molecule has 0 fully saturated rings. The number of imidazole rings is 2. The number of H-pyrrole nitrogens is 1. The summed E-state index contributed by atoms with van der Waals surface area (Å²) in [5, 5.41) is 17.3. The number of aromatic amines is 1. The number of nitrogens with one attached hydrogen (secondary N) is 2. The van der Waals surface area contributed by atoms with Crippen molar-refractivity contribution in [1.29, 1.82) is 10.7 Å². The van der Waals surface area contributed by atoms with Crippen LogP contribution in [0.5, 0.6) is 0 Å². The molecule has 2 heterocycles. The first kappa shape index (κ1) is 19.5. The van der Waals surface area contributed by atoms with E-state index in [-0.39, 0.29) is 10.7 Å². The minimum atomic E-state index is -0.521. The van der Waals surface area contributed by atoms with Crippen LogP contribution in [0.25, 0.3) is 17.3 Å². The quantitative estimate of drug-likeness (QED) is 0.592. The molecule has 7 nitrogen and oxygen atoms in total. The molecule has 9 heteroatoms. The number of rotatable bonds is 7. The van der Waals surface area contributed by atoms with Crippen LogP contribution in [0.1, 0.15) is 17.2 Å². The van der Waals surface area contributed by atoms with Crippen LogP contribution in [0.15, 0.2) is 36.8 Å². The van der Waals surface area contributed by atoms with E-state index in [0.29, 0.717) is 41.6 Å². The molecular weight excluding hydrogens is 383 g/mol. The summed E-state index contributed by atoms with van der Waals surface area (Å²) in [4.78, 5) is 11.3. The molecule has 142 valence electrons. The standard InChI is InChI=1S/C19H16ClFN6O/c1-28-7-6-27-11-25-18(12-2-3-15(21)14(20)8-12)19(27)16(23)4-5-17-24-10-13(9-22)26-17/h2-5,8,10-11,23H,6-7H2,1H3,(H,24,26)/b5-4-,23-16?. The van der Waals surface area contributed by atoms with Gasteiger partial charge in [-0.3, -0.25) is 5.41 Å². The Hall–Kier alpha value is -3.28. The highest BCUT2D eigenvalue weighted by atomic mass is 35.5. The highest BCUT2D eigenvalue weighted by molar-refractivity contribution is 6.31. The fourth-order valence-electron chi connectivity index (χ4n) is 2.60. The molecule has 0 bridgehead atoms. The smallest absolute Gasteiger partial charge is 0.141 e. The first-order chi connectivity index (χ1) is 13.5. The Bertz CT molecular complexity index is 1080. The topological polar surface area (TPSA) is 103 Å². The van der Waals surface area contributed by atoms with E-state index in [1.54, 1.807) is 36.2 Å². The fourth-order valence-corrected chi connectivity index (χ4v) is 2.78. The maximum Gasteiger partial charge on any atom is 0.141 e. The Balaban J connectivity index is 1.98. The van der Waals surface area contributed by atoms with Crippen LogP contribution in [-0.2, 0) is 11.3 Å². The van der Waals surface area contributed by atoms with Gasteiger partial charge in [0.1, 0.15) is 23.4 Å². The second kappa shape index (κ2) is 8.61. The number of hydrogen-bond donors (Lipinski definition) is 2. The lowest BCUT2D eigenvalue weighted by Crippen LogP contribution is -2.11. The minimum Gasteiger partial charge on any atom is -0.383 e. The van der Waals surface area contributed by atoms with Crippen LogP contribution in [0.2, 0.25) is 5.02 Å². The third-order valence-electron chi connectivity index (χ3n) is 3.95. The maximum atomic E-state index is 13.5. The average molecular weight is 399 g/mol. The molecule has 28 heavy (non-hydrogen) atoms. The number of aromatic nitrogens is 4. The van der Waals surface area contributed by atoms with E-state index in [4.69, 9.17) is 27.0 Å². The second-order valence-electron chi connectivity index (χ2n) is 5.80. The maximum absolute atomic E-state index is 13.5. The molecule has 2 N–H and O–H groups in total. The van der Waals surface area contributed by atoms with Gasteiger partial charge < -0.3 is 14.3 Å². The van der Waals surface area contributed by atoms with Crippen LogP contribution in [0.3, 0.4) is 0 Å². The lowest BCUT2D eigenvalue weighted by Gasteiger charge is -2.09. The van der Waals surface area contributed by atoms with Crippen molar-refractivity contribution in [2.45, 2.75) is 6.54 Å². The number of benzene rings is 1. The van der Waals surface area contributed by atoms with Crippen molar-refractivity contribution in [3.05, 3.63) is 64.9 Å². The van der Waals surface area contributed by atoms with Gasteiger partial charge in [0, 0.05) is 19.2 Å². The van der Waals surface area contributed by atoms with Crippen molar-refractivity contribution in [2.24, 2.45) is 0 Å². The molecule has 3 aromatic rings. The highest BCUT2D eigenvalue weighted by Crippen LogP contribution is 2.27. The lowest BCUT2D eigenvalue weighted by molar-refractivity contribution is 0.187. The normalized spacial score (nSPS) is 11.1. The molecule has 3 rings (SSSR count). The monoisotopic (exact) mass is 398 g/mol. The van der Waals surface area contributed by atoms with Gasteiger partial charge in [-0.05, 0) is 30.4 Å². The van der Waals surface area contributed by atoms with Crippen LogP contribution in [0, 0.1) is 22.6 Å². The molecule has 1 aromatic carbocycles. The fraction of sp³-hybridized carbons (Fsp3) is 0.158. The van der Waals surface area contributed by atoms with E-state index in [1.807, 2.05) is 6.07 Å². The summed E-state index contributed by atoms with van der Waals surface area (Å²) >= 11 is 5.91. The number of ether oxygens (including phenoxy) is 1. The molecule has 2 aromatic heterocycles. The summed E-state index contributed by atoms with van der Waals surface area (Å²) in [6, 6.07) is 6.27. The number of methoxy groups -OCH3 is 1. The molecule has 0 aliphatic carbocycles. The van der Waals surface area contributed by atoms with E-state index >= 15 is 0 Å². The van der Waals surface area contributed by atoms with Crippen LogP contribution >= 0.6 is 11.6 Å². The van der Waals surface area contributed by atoms with Crippen molar-refractivity contribution < 1.29 is 9.13 Å². The van der Waals surface area contributed by atoms with Gasteiger partial charge in [0.05, 0.1) is 41.3 Å². The Morgan fingerprint density at radius 3 is 2.96 bits per heavy atom. The molecule has 0 saturated heterocycles. The molecule has 0 aliphatic rings. The Morgan fingerprint density at radius 1 is 1.46 bits per heavy atom. The average Bonchev–Trinajstić information content (AvgIpc) is 3.33. The summed E-state index contributed by atoms with van der Waals surface area (Å²) in [5.74, 6) is -0.0671. The molecule has 0 radical (unpaired) electrons. The summed E-state index contributed by atoms with van der Waals surface area (Å²) in [5.41, 5.74) is 2.13. The SMILES string of the molecule is COCCn1cnc(-c2ccc(F)c(Cl)c2)c1C(=N)/C=C\c1ncc(C#N)[nH]1. The Labute approximate surface area is 165 Å². The van der Waals surface area contributed by atoms with Gasteiger partial charge in [0.15, 0.2) is 0 Å². The molecule has 0 saturated carbocycles. The second-order valence-corrected chi connectivity index (χ2v) is 6.20. The van der Waals surface area contributed by atoms with E-state index in [9.17, 15) is 4.39 Å². The van der Waals surface area contributed by atoms with E-state index in [0.717, 1.165) is 0 Å². The number of hydrogen-bond acceptors (Lipinski definition) is 5. The first-order valence-corrected chi connectivity index (χ1v) is 8.63. The van der Waals surface area contributed by atoms with Crippen molar-refractivity contribution in [1.82, 2.24) is 19.5 Å². The Morgan fingerprint density at radius 2 is 2.29 bits per heavy atom. The molecule has 0 spiro atoms. The summed E-state index contributed by atoms with van der Waals surface area (Å²) in [7, 11) is 1.59. The zero-order valence-corrected chi connectivity index (χ0v) is 15.7. The lowest BCUT2D eigenvalue weighted by atomic mass is 10.1. The molecular formula is C19H16ClFN6O. The van der Waals surface area contributed by atoms with Gasteiger partial charge in [-0.1, -0.05) is 11.6 Å². The van der Waals surface area contributed by atoms with Crippen LogP contribution < -0.4 is 0 Å². The van der Waals surface area contributed by atoms with E-state index in [2.05, 4.69) is 15.0 Å². The van der Waals surface area contributed by atoms with E-state index in [1.165, 1.54) is 18.3 Å². The predicted molar refractivity (Wildman–Crippen MR) is 104 cm³/mol. The summed E-state index contributed by atoms with van der Waals surface area (Å²) < 4.78 is 20.4. The largest absolute Gasteiger partial charge is 0.383 e. The van der Waals surface area contributed by atoms with Gasteiger partial charge in [0.2, 0.25) is 0 Å². The van der Waals surface area contributed by atoms with Gasteiger partial charge >= 0.3 is 0 Å². The first-order valence-electron chi connectivity index (χ1n) is 8.25. The molecule has 0 amide bonds. The third-order valence-corrected chi connectivity index (χ3v) is 4.24. The van der Waals surface area contributed by atoms with Crippen molar-refractivity contribution in [3.8, 4) is 17.3 Å². The van der Waals surface area contributed by atoms with Gasteiger partial charge in [-0.2, -0.15) is 5.26 Å². The number of nitriles is 1. The van der Waals surface area contributed by atoms with Crippen molar-refractivity contribution >= 4 is 23.4 Å². The van der Waals surface area contributed by atoms with Gasteiger partial charge in [-0.15, -0.1) is 0 Å². The van der Waals surface area contributed by atoms with Gasteiger partial charge in [0.25, 0.3) is 0 Å². The summed E-state index contributed by atoms with van der Waals surface area (Å²) in [6.45, 7) is 0.928. The van der Waals surface area contributed by atoms with Crippen LogP contribution in [0.4, 0.5) is 4.39 Å². The predicted octanol–water partition coefficient (Wildman–Crippen LogP) is 3.67. The van der Waals surface area contributed by atoms with Crippen LogP contribution in [-0.4, -0.2) is 38.9 Å². The zero-order valence-electron chi connectivity index (χ0n) is 14.9. The number of allylic oxidation sites excluding steroid dienone is 1. The zero-order chi connectivity index (χ0) is 20.1. The summed E-state index contributed by atoms with van der Waals surface area (Å²) in [6.07, 6.45) is 6.16. The Kier molecular flexibility index (Phi) is 5.99. The number of nitrogens with zero attached hydrogens (tertiary/aromatic N) is 4. The van der Waals surface area contributed by atoms with Gasteiger partial charge in [-0.25, -0.2) is 14.4 Å². The van der Waals surface area contributed by atoms with E-state index < -0.39 is 5.82 Å². The highest BCUT2D eigenvalue weighted by Gasteiger charge is 2.17. The minimum absolute atomic E-state index is 0.0171. The third kappa shape index (κ3) is 4.17. The van der Waals surface area contributed by atoms with Crippen molar-refractivity contribution in [2.75, 3.05) is 13.7 Å². The van der Waals surface area contributed by atoms with Crippen molar-refractivity contribution in [3.63, 3.8) is 0 Å². The molecule has 0 unspecified atom stereocenters. The molecule has 0 aliphatic heterocycles. The molecule has 0 atom stereocenters. The number of halogens is 2.